The molecule has 0 saturated carbocycles. The summed E-state index contributed by atoms with van der Waals surface area (Å²) in [6.07, 6.45) is 4.88. The molecule has 1 N–H and O–H groups in total. The minimum absolute atomic E-state index is 0.680. The van der Waals surface area contributed by atoms with Crippen molar-refractivity contribution in [3.05, 3.63) is 17.5 Å². The second-order valence-electron chi connectivity index (χ2n) is 4.65. The highest BCUT2D eigenvalue weighted by Crippen LogP contribution is 2.10. The van der Waals surface area contributed by atoms with Crippen LogP contribution in [0.3, 0.4) is 0 Å². The molecule has 0 aliphatic heterocycles. The molecular formula is C14H27N3. The standard InChI is InChI=1S/C14H27N3/c1-5-13(15-6-2)9-8-10-14-11-12(4)16-17(14)7-3/h11,13,15H,5-10H2,1-4H3. The predicted molar refractivity (Wildman–Crippen MR) is 73.3 cm³/mol. The Kier molecular flexibility index (Phi) is 6.27. The molecule has 0 aliphatic rings. The van der Waals surface area contributed by atoms with Crippen LogP contribution in [-0.4, -0.2) is 22.4 Å². The summed E-state index contributed by atoms with van der Waals surface area (Å²) in [4.78, 5) is 0. The van der Waals surface area contributed by atoms with Crippen LogP contribution in [0.1, 0.15) is 51.4 Å². The zero-order valence-electron chi connectivity index (χ0n) is 11.8. The third-order valence-corrected chi connectivity index (χ3v) is 3.26. The zero-order chi connectivity index (χ0) is 12.7. The zero-order valence-corrected chi connectivity index (χ0v) is 11.8. The topological polar surface area (TPSA) is 29.9 Å². The van der Waals surface area contributed by atoms with Gasteiger partial charge in [0.15, 0.2) is 0 Å². The lowest BCUT2D eigenvalue weighted by molar-refractivity contribution is 0.462. The van der Waals surface area contributed by atoms with E-state index >= 15 is 0 Å². The third kappa shape index (κ3) is 4.50. The molecule has 0 saturated heterocycles. The van der Waals surface area contributed by atoms with Crippen LogP contribution in [0.5, 0.6) is 0 Å². The van der Waals surface area contributed by atoms with Crippen molar-refractivity contribution in [1.82, 2.24) is 15.1 Å². The minimum Gasteiger partial charge on any atom is -0.314 e. The molecule has 0 aromatic carbocycles. The molecule has 0 bridgehead atoms. The van der Waals surface area contributed by atoms with Gasteiger partial charge in [-0.2, -0.15) is 5.10 Å². The van der Waals surface area contributed by atoms with Crippen molar-refractivity contribution >= 4 is 0 Å². The summed E-state index contributed by atoms with van der Waals surface area (Å²) in [5.41, 5.74) is 2.52. The molecule has 1 unspecified atom stereocenters. The molecule has 0 aliphatic carbocycles. The van der Waals surface area contributed by atoms with E-state index < -0.39 is 0 Å². The minimum atomic E-state index is 0.680. The van der Waals surface area contributed by atoms with E-state index in [2.05, 4.69) is 48.9 Å². The van der Waals surface area contributed by atoms with Gasteiger partial charge in [-0.1, -0.05) is 13.8 Å². The average Bonchev–Trinajstić information content (AvgIpc) is 2.68. The number of aryl methyl sites for hydroxylation is 3. The lowest BCUT2D eigenvalue weighted by Gasteiger charge is -2.15. The summed E-state index contributed by atoms with van der Waals surface area (Å²) in [6, 6.07) is 2.90. The van der Waals surface area contributed by atoms with Crippen LogP contribution in [0.4, 0.5) is 0 Å². The van der Waals surface area contributed by atoms with E-state index in [1.54, 1.807) is 0 Å². The fourth-order valence-corrected chi connectivity index (χ4v) is 2.34. The Balaban J connectivity index is 2.39. The van der Waals surface area contributed by atoms with Gasteiger partial charge < -0.3 is 5.32 Å². The highest BCUT2D eigenvalue weighted by atomic mass is 15.3. The molecule has 3 nitrogen and oxygen atoms in total. The van der Waals surface area contributed by atoms with Crippen molar-refractivity contribution in [1.29, 1.82) is 0 Å². The second-order valence-corrected chi connectivity index (χ2v) is 4.65. The maximum atomic E-state index is 4.48. The molecule has 1 aromatic rings. The van der Waals surface area contributed by atoms with Gasteiger partial charge in [0.1, 0.15) is 0 Å². The predicted octanol–water partition coefficient (Wildman–Crippen LogP) is 2.92. The first-order valence-electron chi connectivity index (χ1n) is 6.97. The van der Waals surface area contributed by atoms with Gasteiger partial charge in [-0.05, 0) is 52.1 Å². The molecule has 17 heavy (non-hydrogen) atoms. The van der Waals surface area contributed by atoms with Crippen LogP contribution in [0.2, 0.25) is 0 Å². The van der Waals surface area contributed by atoms with Crippen LogP contribution in [0.25, 0.3) is 0 Å². The summed E-state index contributed by atoms with van der Waals surface area (Å²) in [5.74, 6) is 0. The van der Waals surface area contributed by atoms with Gasteiger partial charge >= 0.3 is 0 Å². The van der Waals surface area contributed by atoms with Crippen LogP contribution < -0.4 is 5.32 Å². The first kappa shape index (κ1) is 14.2. The van der Waals surface area contributed by atoms with Crippen molar-refractivity contribution < 1.29 is 0 Å². The summed E-state index contributed by atoms with van der Waals surface area (Å²) in [7, 11) is 0. The van der Waals surface area contributed by atoms with Gasteiger partial charge in [0.05, 0.1) is 5.69 Å². The van der Waals surface area contributed by atoms with Gasteiger partial charge in [0, 0.05) is 18.3 Å². The van der Waals surface area contributed by atoms with E-state index in [0.717, 1.165) is 25.2 Å². The largest absolute Gasteiger partial charge is 0.314 e. The maximum Gasteiger partial charge on any atom is 0.0596 e. The van der Waals surface area contributed by atoms with Crippen LogP contribution in [-0.2, 0) is 13.0 Å². The van der Waals surface area contributed by atoms with E-state index in [-0.39, 0.29) is 0 Å². The monoisotopic (exact) mass is 237 g/mol. The maximum absolute atomic E-state index is 4.48. The summed E-state index contributed by atoms with van der Waals surface area (Å²) >= 11 is 0. The first-order chi connectivity index (χ1) is 8.21. The highest BCUT2D eigenvalue weighted by Gasteiger charge is 2.07. The molecule has 0 amide bonds. The fraction of sp³-hybridized carbons (Fsp3) is 0.786. The summed E-state index contributed by atoms with van der Waals surface area (Å²) in [5, 5.41) is 8.01. The molecule has 1 heterocycles. The van der Waals surface area contributed by atoms with E-state index in [1.165, 1.54) is 25.0 Å². The molecule has 0 spiro atoms. The van der Waals surface area contributed by atoms with E-state index in [1.807, 2.05) is 0 Å². The van der Waals surface area contributed by atoms with Crippen LogP contribution in [0, 0.1) is 6.92 Å². The van der Waals surface area contributed by atoms with Gasteiger partial charge in [-0.15, -0.1) is 0 Å². The summed E-state index contributed by atoms with van der Waals surface area (Å²) < 4.78 is 2.13. The van der Waals surface area contributed by atoms with Crippen molar-refractivity contribution in [3.8, 4) is 0 Å². The average molecular weight is 237 g/mol. The molecule has 1 aromatic heterocycles. The van der Waals surface area contributed by atoms with Gasteiger partial charge in [-0.25, -0.2) is 0 Å². The first-order valence-corrected chi connectivity index (χ1v) is 6.97. The second kappa shape index (κ2) is 7.49. The molecule has 1 atom stereocenters. The Hall–Kier alpha value is -0.830. The van der Waals surface area contributed by atoms with Gasteiger partial charge in [0.2, 0.25) is 0 Å². The van der Waals surface area contributed by atoms with Crippen LogP contribution >= 0.6 is 0 Å². The Morgan fingerprint density at radius 1 is 1.35 bits per heavy atom. The van der Waals surface area contributed by atoms with Crippen molar-refractivity contribution in [2.45, 2.75) is 66.0 Å². The van der Waals surface area contributed by atoms with E-state index in [4.69, 9.17) is 0 Å². The fourth-order valence-electron chi connectivity index (χ4n) is 2.34. The van der Waals surface area contributed by atoms with Crippen LogP contribution in [0.15, 0.2) is 6.07 Å². The Morgan fingerprint density at radius 2 is 2.12 bits per heavy atom. The number of nitrogens with one attached hydrogen (secondary N) is 1. The van der Waals surface area contributed by atoms with E-state index in [9.17, 15) is 0 Å². The molecule has 3 heteroatoms. The van der Waals surface area contributed by atoms with Crippen molar-refractivity contribution in [3.63, 3.8) is 0 Å². The molecular weight excluding hydrogens is 210 g/mol. The Morgan fingerprint density at radius 3 is 2.71 bits per heavy atom. The molecule has 98 valence electrons. The SMILES string of the molecule is CCNC(CC)CCCc1cc(C)nn1CC. The quantitative estimate of drug-likeness (QED) is 0.753. The number of hydrogen-bond acceptors (Lipinski definition) is 2. The number of rotatable bonds is 8. The normalized spacial score (nSPS) is 12.9. The van der Waals surface area contributed by atoms with E-state index in [0.29, 0.717) is 6.04 Å². The van der Waals surface area contributed by atoms with Gasteiger partial charge in [0.25, 0.3) is 0 Å². The molecule has 1 rings (SSSR count). The summed E-state index contributed by atoms with van der Waals surface area (Å²) in [6.45, 7) is 10.7. The van der Waals surface area contributed by atoms with Crippen molar-refractivity contribution in [2.75, 3.05) is 6.54 Å². The smallest absolute Gasteiger partial charge is 0.0596 e. The molecule has 0 radical (unpaired) electrons. The third-order valence-electron chi connectivity index (χ3n) is 3.26. The van der Waals surface area contributed by atoms with Gasteiger partial charge in [-0.3, -0.25) is 4.68 Å². The Bertz CT molecular complexity index is 317. The number of hydrogen-bond donors (Lipinski definition) is 1. The number of aromatic nitrogens is 2. The number of nitrogens with zero attached hydrogens (tertiary/aromatic N) is 2. The lowest BCUT2D eigenvalue weighted by atomic mass is 10.1. The van der Waals surface area contributed by atoms with Crippen molar-refractivity contribution in [2.24, 2.45) is 0 Å². The highest BCUT2D eigenvalue weighted by molar-refractivity contribution is 5.09. The lowest BCUT2D eigenvalue weighted by Crippen LogP contribution is -2.28. The Labute approximate surface area is 106 Å². The molecule has 0 fully saturated rings.